The predicted octanol–water partition coefficient (Wildman–Crippen LogP) is 0.283. The number of hydrogen-bond acceptors (Lipinski definition) is 5. The van der Waals surface area contributed by atoms with Gasteiger partial charge in [-0.25, -0.2) is 4.68 Å². The number of methoxy groups -OCH3 is 1. The van der Waals surface area contributed by atoms with Gasteiger partial charge in [0, 0.05) is 6.54 Å². The molecule has 0 bridgehead atoms. The summed E-state index contributed by atoms with van der Waals surface area (Å²) >= 11 is 0. The first kappa shape index (κ1) is 12.9. The number of carbonyl (C=O) groups excluding carboxylic acids is 1. The molecule has 90 valence electrons. The molecular weight excluding hydrogens is 232 g/mol. The van der Waals surface area contributed by atoms with Crippen LogP contribution in [0.25, 0.3) is 0 Å². The smallest absolute Gasteiger partial charge is 0.308 e. The maximum Gasteiger partial charge on any atom is 0.308 e. The number of hydrogen-bond donors (Lipinski definition) is 1. The summed E-state index contributed by atoms with van der Waals surface area (Å²) in [6.45, 7) is 0.396. The number of carbonyl (C=O) groups is 1. The molecule has 6 nitrogen and oxygen atoms in total. The number of ether oxygens (including phenoxy) is 1. The maximum atomic E-state index is 11.1. The average Bonchev–Trinajstić information content (AvgIpc) is 2.63. The van der Waals surface area contributed by atoms with E-state index in [2.05, 4.69) is 15.0 Å². The highest BCUT2D eigenvalue weighted by atomic mass is 35.5. The third-order valence-corrected chi connectivity index (χ3v) is 2.79. The number of rotatable bonds is 3. The lowest BCUT2D eigenvalue weighted by molar-refractivity contribution is -0.149. The minimum atomic E-state index is -0.134. The Balaban J connectivity index is 0.00000128. The Labute approximate surface area is 99.5 Å². The van der Waals surface area contributed by atoms with E-state index in [1.165, 1.54) is 7.11 Å². The van der Waals surface area contributed by atoms with Crippen molar-refractivity contribution in [2.24, 2.45) is 11.7 Å². The van der Waals surface area contributed by atoms with Crippen LogP contribution in [0.5, 0.6) is 0 Å². The fourth-order valence-corrected chi connectivity index (χ4v) is 1.75. The number of halogens is 1. The van der Waals surface area contributed by atoms with Gasteiger partial charge in [0.2, 0.25) is 0 Å². The highest BCUT2D eigenvalue weighted by Gasteiger charge is 2.36. The predicted molar refractivity (Wildman–Crippen MR) is 58.9 cm³/mol. The Kier molecular flexibility index (Phi) is 4.26. The van der Waals surface area contributed by atoms with Crippen LogP contribution in [0, 0.1) is 5.92 Å². The van der Waals surface area contributed by atoms with Crippen molar-refractivity contribution in [2.45, 2.75) is 25.4 Å². The second-order valence-electron chi connectivity index (χ2n) is 3.74. The molecule has 0 spiro atoms. The lowest BCUT2D eigenvalue weighted by atomic mass is 9.80. The van der Waals surface area contributed by atoms with Gasteiger partial charge in [-0.1, -0.05) is 5.21 Å². The first-order valence-corrected chi connectivity index (χ1v) is 4.93. The molecule has 1 aliphatic carbocycles. The molecule has 7 heteroatoms. The van der Waals surface area contributed by atoms with E-state index in [0.717, 1.165) is 18.5 Å². The standard InChI is InChI=1S/C9H14N4O2.ClH/c1-15-9(14)6-2-8(3-6)13-5-7(4-10)11-12-13;/h5-6,8H,2-4,10H2,1H3;1H. The van der Waals surface area contributed by atoms with Crippen molar-refractivity contribution >= 4 is 18.4 Å². The van der Waals surface area contributed by atoms with Gasteiger partial charge in [-0.05, 0) is 12.8 Å². The van der Waals surface area contributed by atoms with Crippen LogP contribution in [-0.2, 0) is 16.1 Å². The molecule has 0 radical (unpaired) electrons. The van der Waals surface area contributed by atoms with Crippen molar-refractivity contribution in [3.05, 3.63) is 11.9 Å². The molecule has 1 aromatic heterocycles. The molecule has 16 heavy (non-hydrogen) atoms. The molecule has 1 heterocycles. The van der Waals surface area contributed by atoms with Crippen LogP contribution >= 0.6 is 12.4 Å². The average molecular weight is 247 g/mol. The fourth-order valence-electron chi connectivity index (χ4n) is 1.75. The molecule has 1 fully saturated rings. The van der Waals surface area contributed by atoms with Crippen molar-refractivity contribution in [3.63, 3.8) is 0 Å². The molecule has 2 rings (SSSR count). The molecule has 1 aromatic rings. The summed E-state index contributed by atoms with van der Waals surface area (Å²) in [6, 6.07) is 0.266. The number of esters is 1. The Hall–Kier alpha value is -1.14. The van der Waals surface area contributed by atoms with Crippen LogP contribution in [0.4, 0.5) is 0 Å². The van der Waals surface area contributed by atoms with Crippen LogP contribution in [0.15, 0.2) is 6.20 Å². The van der Waals surface area contributed by atoms with E-state index in [1.807, 2.05) is 6.20 Å². The van der Waals surface area contributed by atoms with Gasteiger partial charge in [-0.2, -0.15) is 0 Å². The summed E-state index contributed by atoms with van der Waals surface area (Å²) < 4.78 is 6.44. The molecule has 0 atom stereocenters. The molecule has 1 saturated carbocycles. The van der Waals surface area contributed by atoms with E-state index in [4.69, 9.17) is 5.73 Å². The van der Waals surface area contributed by atoms with E-state index in [0.29, 0.717) is 6.54 Å². The van der Waals surface area contributed by atoms with E-state index < -0.39 is 0 Å². The van der Waals surface area contributed by atoms with E-state index in [1.54, 1.807) is 4.68 Å². The molecule has 0 aromatic carbocycles. The van der Waals surface area contributed by atoms with Crippen molar-refractivity contribution in [2.75, 3.05) is 7.11 Å². The largest absolute Gasteiger partial charge is 0.469 e. The van der Waals surface area contributed by atoms with Crippen molar-refractivity contribution in [1.29, 1.82) is 0 Å². The molecular formula is C9H15ClN4O2. The van der Waals surface area contributed by atoms with Gasteiger partial charge in [-0.3, -0.25) is 4.79 Å². The van der Waals surface area contributed by atoms with E-state index >= 15 is 0 Å². The summed E-state index contributed by atoms with van der Waals surface area (Å²) in [6.07, 6.45) is 3.39. The van der Waals surface area contributed by atoms with Gasteiger partial charge < -0.3 is 10.5 Å². The number of nitrogens with two attached hydrogens (primary N) is 1. The number of aromatic nitrogens is 3. The molecule has 2 N–H and O–H groups in total. The molecule has 0 saturated heterocycles. The second-order valence-corrected chi connectivity index (χ2v) is 3.74. The fraction of sp³-hybridized carbons (Fsp3) is 0.667. The summed E-state index contributed by atoms with van der Waals surface area (Å²) in [5.41, 5.74) is 6.20. The van der Waals surface area contributed by atoms with Crippen LogP contribution in [0.2, 0.25) is 0 Å². The van der Waals surface area contributed by atoms with E-state index in [-0.39, 0.29) is 30.3 Å². The van der Waals surface area contributed by atoms with Crippen molar-refractivity contribution in [1.82, 2.24) is 15.0 Å². The minimum Gasteiger partial charge on any atom is -0.469 e. The van der Waals surface area contributed by atoms with Crippen LogP contribution in [0.1, 0.15) is 24.6 Å². The number of nitrogens with zero attached hydrogens (tertiary/aromatic N) is 3. The zero-order valence-electron chi connectivity index (χ0n) is 9.00. The van der Waals surface area contributed by atoms with Crippen LogP contribution in [0.3, 0.4) is 0 Å². The highest BCUT2D eigenvalue weighted by Crippen LogP contribution is 2.37. The van der Waals surface area contributed by atoms with E-state index in [9.17, 15) is 4.79 Å². The Bertz CT molecular complexity index is 362. The first-order chi connectivity index (χ1) is 7.24. The highest BCUT2D eigenvalue weighted by molar-refractivity contribution is 5.85. The third kappa shape index (κ3) is 2.33. The van der Waals surface area contributed by atoms with Gasteiger partial charge >= 0.3 is 5.97 Å². The minimum absolute atomic E-state index is 0. The Morgan fingerprint density at radius 1 is 1.69 bits per heavy atom. The van der Waals surface area contributed by atoms with Gasteiger partial charge in [-0.15, -0.1) is 17.5 Å². The third-order valence-electron chi connectivity index (χ3n) is 2.79. The van der Waals surface area contributed by atoms with Crippen molar-refractivity contribution < 1.29 is 9.53 Å². The molecule has 0 unspecified atom stereocenters. The monoisotopic (exact) mass is 246 g/mol. The molecule has 0 amide bonds. The summed E-state index contributed by atoms with van der Waals surface area (Å²) in [4.78, 5) is 11.1. The lowest BCUT2D eigenvalue weighted by Crippen LogP contribution is -2.33. The summed E-state index contributed by atoms with van der Waals surface area (Å²) in [5.74, 6) is -0.115. The Morgan fingerprint density at radius 2 is 2.38 bits per heavy atom. The van der Waals surface area contributed by atoms with Crippen LogP contribution in [-0.4, -0.2) is 28.1 Å². The van der Waals surface area contributed by atoms with Crippen LogP contribution < -0.4 is 5.73 Å². The first-order valence-electron chi connectivity index (χ1n) is 4.93. The SMILES string of the molecule is COC(=O)C1CC(n2cc(CN)nn2)C1.Cl. The van der Waals surface area contributed by atoms with Gasteiger partial charge in [0.15, 0.2) is 0 Å². The molecule has 1 aliphatic rings. The van der Waals surface area contributed by atoms with Gasteiger partial charge in [0.1, 0.15) is 0 Å². The summed E-state index contributed by atoms with van der Waals surface area (Å²) in [7, 11) is 1.41. The summed E-state index contributed by atoms with van der Waals surface area (Å²) in [5, 5.41) is 7.86. The second kappa shape index (κ2) is 5.27. The maximum absolute atomic E-state index is 11.1. The van der Waals surface area contributed by atoms with Gasteiger partial charge in [0.25, 0.3) is 0 Å². The lowest BCUT2D eigenvalue weighted by Gasteiger charge is -2.32. The van der Waals surface area contributed by atoms with Gasteiger partial charge in [0.05, 0.1) is 31.0 Å². The Morgan fingerprint density at radius 3 is 2.88 bits per heavy atom. The van der Waals surface area contributed by atoms with Crippen molar-refractivity contribution in [3.8, 4) is 0 Å². The normalized spacial score (nSPS) is 23.1. The zero-order chi connectivity index (χ0) is 10.8. The quantitative estimate of drug-likeness (QED) is 0.775. The topological polar surface area (TPSA) is 83.0 Å². The molecule has 0 aliphatic heterocycles. The zero-order valence-corrected chi connectivity index (χ0v) is 9.81.